The second kappa shape index (κ2) is 3.24. The van der Waals surface area contributed by atoms with Crippen LogP contribution in [0, 0.1) is 0 Å². The zero-order valence-electron chi connectivity index (χ0n) is 5.03. The summed E-state index contributed by atoms with van der Waals surface area (Å²) in [5, 5.41) is 3.28. The van der Waals surface area contributed by atoms with Crippen LogP contribution in [0.1, 0.15) is 0 Å². The normalized spacial score (nSPS) is 11.7. The zero-order valence-corrected chi connectivity index (χ0v) is 5.85. The van der Waals surface area contributed by atoms with Crippen LogP contribution in [0.15, 0.2) is 17.9 Å². The van der Waals surface area contributed by atoms with Gasteiger partial charge < -0.3 is 0 Å². The molecule has 0 amide bonds. The maximum absolute atomic E-state index is 10.3. The maximum atomic E-state index is 10.3. The van der Waals surface area contributed by atoms with Gasteiger partial charge in [0.25, 0.3) is 0 Å². The molecule has 0 unspecified atom stereocenters. The van der Waals surface area contributed by atoms with Crippen LogP contribution in [0.25, 0.3) is 0 Å². The van der Waals surface area contributed by atoms with Crippen molar-refractivity contribution >= 4 is 15.4 Å². The molecule has 0 aromatic heterocycles. The van der Waals surface area contributed by atoms with E-state index in [1.807, 2.05) is 0 Å². The molecule has 0 fully saturated rings. The van der Waals surface area contributed by atoms with Gasteiger partial charge in [-0.1, -0.05) is 6.58 Å². The summed E-state index contributed by atoms with van der Waals surface area (Å²) in [6.07, 6.45) is 2.34. The van der Waals surface area contributed by atoms with E-state index in [0.717, 1.165) is 11.8 Å². The maximum Gasteiger partial charge on any atom is 0.187 e. The third-order valence-electron chi connectivity index (χ3n) is 0.410. The van der Waals surface area contributed by atoms with Gasteiger partial charge in [-0.3, -0.25) is 5.43 Å². The molecule has 0 saturated heterocycles. The monoisotopic (exact) mass is 148 g/mol. The van der Waals surface area contributed by atoms with E-state index in [0.29, 0.717) is 0 Å². The van der Waals surface area contributed by atoms with E-state index in [1.54, 1.807) is 0 Å². The van der Waals surface area contributed by atoms with E-state index in [-0.39, 0.29) is 0 Å². The number of nitrogens with one attached hydrogen (secondary N) is 1. The summed E-state index contributed by atoms with van der Waals surface area (Å²) in [4.78, 5) is 0. The molecule has 0 aliphatic carbocycles. The highest BCUT2D eigenvalue weighted by atomic mass is 32.2. The van der Waals surface area contributed by atoms with Crippen LogP contribution in [0.4, 0.5) is 0 Å². The van der Waals surface area contributed by atoms with Crippen LogP contribution in [-0.2, 0) is 9.84 Å². The smallest absolute Gasteiger partial charge is 0.187 e. The minimum atomic E-state index is -3.10. The molecule has 0 bridgehead atoms. The Hall–Kier alpha value is -0.840. The first-order valence-corrected chi connectivity index (χ1v) is 4.11. The van der Waals surface area contributed by atoms with Crippen LogP contribution < -0.4 is 5.43 Å². The highest BCUT2D eigenvalue weighted by Gasteiger charge is 1.91. The van der Waals surface area contributed by atoms with E-state index in [1.165, 1.54) is 6.20 Å². The number of nitrogens with zero attached hydrogens (tertiary/aromatic N) is 1. The molecule has 0 aromatic carbocycles. The lowest BCUT2D eigenvalue weighted by atomic mass is 11.1. The van der Waals surface area contributed by atoms with Crippen LogP contribution in [0.2, 0.25) is 0 Å². The van der Waals surface area contributed by atoms with E-state index >= 15 is 0 Å². The SMILES string of the molecule is C=CN/N=C\S(C)(=O)=O. The molecule has 0 aromatic rings. The van der Waals surface area contributed by atoms with Gasteiger partial charge >= 0.3 is 0 Å². The fourth-order valence-corrected chi connectivity index (χ4v) is 0.431. The lowest BCUT2D eigenvalue weighted by molar-refractivity contribution is 0.613. The third kappa shape index (κ3) is 7.16. The molecule has 5 heteroatoms. The Labute approximate surface area is 54.2 Å². The number of hydrogen-bond donors (Lipinski definition) is 1. The summed E-state index contributed by atoms with van der Waals surface area (Å²) in [5.74, 6) is 0. The lowest BCUT2D eigenvalue weighted by Gasteiger charge is -1.84. The minimum absolute atomic E-state index is 0.814. The Bertz CT molecular complexity index is 205. The lowest BCUT2D eigenvalue weighted by Crippen LogP contribution is -2.00. The quantitative estimate of drug-likeness (QED) is 0.340. The second-order valence-corrected chi connectivity index (χ2v) is 3.27. The predicted octanol–water partition coefficient (Wildman–Crippen LogP) is -0.293. The Morgan fingerprint density at radius 2 is 2.22 bits per heavy atom. The van der Waals surface area contributed by atoms with Gasteiger partial charge in [0.05, 0.1) is 0 Å². The first kappa shape index (κ1) is 8.16. The van der Waals surface area contributed by atoms with Gasteiger partial charge in [-0.15, -0.1) is 0 Å². The summed E-state index contributed by atoms with van der Waals surface area (Å²) in [7, 11) is -3.10. The van der Waals surface area contributed by atoms with Crippen molar-refractivity contribution in [3.63, 3.8) is 0 Å². The Kier molecular flexibility index (Phi) is 2.94. The fourth-order valence-electron chi connectivity index (χ4n) is 0.179. The van der Waals surface area contributed by atoms with Gasteiger partial charge in [-0.2, -0.15) is 5.10 Å². The van der Waals surface area contributed by atoms with E-state index in [2.05, 4.69) is 17.1 Å². The van der Waals surface area contributed by atoms with Gasteiger partial charge in [-0.05, 0) is 0 Å². The summed E-state index contributed by atoms with van der Waals surface area (Å²) >= 11 is 0. The second-order valence-electron chi connectivity index (χ2n) is 1.40. The van der Waals surface area contributed by atoms with Crippen molar-refractivity contribution in [1.29, 1.82) is 0 Å². The number of rotatable bonds is 3. The molecule has 0 spiro atoms. The van der Waals surface area contributed by atoms with Crippen molar-refractivity contribution in [2.24, 2.45) is 5.10 Å². The van der Waals surface area contributed by atoms with Gasteiger partial charge in [-0.25, -0.2) is 8.42 Å². The Balaban J connectivity index is 3.87. The Morgan fingerprint density at radius 1 is 1.67 bits per heavy atom. The highest BCUT2D eigenvalue weighted by Crippen LogP contribution is 1.71. The highest BCUT2D eigenvalue weighted by molar-refractivity contribution is 8.03. The molecule has 0 saturated carbocycles. The largest absolute Gasteiger partial charge is 0.286 e. The van der Waals surface area contributed by atoms with Crippen molar-refractivity contribution in [3.8, 4) is 0 Å². The average Bonchev–Trinajstić information content (AvgIpc) is 1.63. The van der Waals surface area contributed by atoms with Gasteiger partial charge in [0, 0.05) is 12.5 Å². The molecule has 52 valence electrons. The standard InChI is InChI=1S/C4H8N2O2S/c1-3-5-6-4-9(2,7)8/h3-5H,1H2,2H3/b6-4-. The van der Waals surface area contributed by atoms with Crippen LogP contribution in [0.3, 0.4) is 0 Å². The third-order valence-corrected chi connectivity index (χ3v) is 0.898. The topological polar surface area (TPSA) is 58.5 Å². The first-order chi connectivity index (χ1) is 4.06. The fraction of sp³-hybridized carbons (Fsp3) is 0.250. The molecule has 0 aliphatic rings. The van der Waals surface area contributed by atoms with E-state index in [4.69, 9.17) is 0 Å². The molecule has 0 radical (unpaired) electrons. The molecular formula is C4H8N2O2S. The first-order valence-electron chi connectivity index (χ1n) is 2.16. The Morgan fingerprint density at radius 3 is 2.56 bits per heavy atom. The van der Waals surface area contributed by atoms with E-state index in [9.17, 15) is 8.42 Å². The molecule has 0 rings (SSSR count). The number of hydrazone groups is 1. The van der Waals surface area contributed by atoms with Crippen LogP contribution in [-0.4, -0.2) is 20.2 Å². The van der Waals surface area contributed by atoms with Crippen LogP contribution >= 0.6 is 0 Å². The number of sulfone groups is 1. The molecule has 9 heavy (non-hydrogen) atoms. The summed E-state index contributed by atoms with van der Waals surface area (Å²) in [6, 6.07) is 0. The van der Waals surface area contributed by atoms with Crippen molar-refractivity contribution in [2.45, 2.75) is 0 Å². The summed E-state index contributed by atoms with van der Waals surface area (Å²) < 4.78 is 20.6. The molecule has 0 heterocycles. The van der Waals surface area contributed by atoms with E-state index < -0.39 is 9.84 Å². The molecule has 0 atom stereocenters. The van der Waals surface area contributed by atoms with Gasteiger partial charge in [0.2, 0.25) is 0 Å². The van der Waals surface area contributed by atoms with Crippen LogP contribution in [0.5, 0.6) is 0 Å². The van der Waals surface area contributed by atoms with Crippen molar-refractivity contribution in [1.82, 2.24) is 5.43 Å². The minimum Gasteiger partial charge on any atom is -0.286 e. The van der Waals surface area contributed by atoms with Gasteiger partial charge in [0.15, 0.2) is 9.84 Å². The molecule has 1 N–H and O–H groups in total. The predicted molar refractivity (Wildman–Crippen MR) is 36.7 cm³/mol. The zero-order chi connectivity index (χ0) is 7.33. The van der Waals surface area contributed by atoms with Crippen molar-refractivity contribution in [3.05, 3.63) is 12.8 Å². The molecule has 0 aliphatic heterocycles. The van der Waals surface area contributed by atoms with Crippen molar-refractivity contribution < 1.29 is 8.42 Å². The summed E-state index contributed by atoms with van der Waals surface area (Å²) in [6.45, 7) is 3.26. The average molecular weight is 148 g/mol. The van der Waals surface area contributed by atoms with Crippen molar-refractivity contribution in [2.75, 3.05) is 6.26 Å². The summed E-state index contributed by atoms with van der Waals surface area (Å²) in [5.41, 5.74) is 3.07. The molecular weight excluding hydrogens is 140 g/mol. The van der Waals surface area contributed by atoms with Gasteiger partial charge in [0.1, 0.15) is 5.55 Å². The molecule has 4 nitrogen and oxygen atoms in total. The number of hydrogen-bond acceptors (Lipinski definition) is 4.